The second kappa shape index (κ2) is 8.62. The van der Waals surface area contributed by atoms with Crippen LogP contribution in [0.15, 0.2) is 28.8 Å². The van der Waals surface area contributed by atoms with Gasteiger partial charge in [-0.05, 0) is 25.5 Å². The van der Waals surface area contributed by atoms with Crippen molar-refractivity contribution in [1.29, 1.82) is 0 Å². The van der Waals surface area contributed by atoms with Crippen LogP contribution in [0, 0.1) is 13.8 Å². The van der Waals surface area contributed by atoms with Crippen molar-refractivity contribution < 1.29 is 9.32 Å². The third kappa shape index (κ3) is 4.23. The van der Waals surface area contributed by atoms with Crippen molar-refractivity contribution in [3.05, 3.63) is 46.8 Å². The van der Waals surface area contributed by atoms with Gasteiger partial charge in [-0.2, -0.15) is 0 Å². The molecule has 1 aromatic carbocycles. The molecule has 1 aromatic heterocycles. The molecule has 2 heterocycles. The van der Waals surface area contributed by atoms with E-state index in [9.17, 15) is 4.79 Å². The minimum Gasteiger partial charge on any atom is -0.368 e. The number of piperazine rings is 1. The number of rotatable bonds is 6. The molecule has 140 valence electrons. The van der Waals surface area contributed by atoms with E-state index >= 15 is 0 Å². The minimum absolute atomic E-state index is 0.228. The van der Waals surface area contributed by atoms with Crippen molar-refractivity contribution >= 4 is 23.4 Å². The summed E-state index contributed by atoms with van der Waals surface area (Å²) in [4.78, 5) is 16.9. The van der Waals surface area contributed by atoms with Gasteiger partial charge in [-0.15, -0.1) is 11.8 Å². The van der Waals surface area contributed by atoms with Crippen LogP contribution in [0.3, 0.4) is 0 Å². The van der Waals surface area contributed by atoms with Gasteiger partial charge in [0, 0.05) is 49.6 Å². The third-order valence-corrected chi connectivity index (χ3v) is 5.89. The molecule has 0 atom stereocenters. The summed E-state index contributed by atoms with van der Waals surface area (Å²) in [5.41, 5.74) is 4.66. The van der Waals surface area contributed by atoms with E-state index in [2.05, 4.69) is 48.2 Å². The van der Waals surface area contributed by atoms with Crippen LogP contribution in [0.2, 0.25) is 0 Å². The van der Waals surface area contributed by atoms with Gasteiger partial charge < -0.3 is 14.3 Å². The van der Waals surface area contributed by atoms with Crippen molar-refractivity contribution in [2.45, 2.75) is 32.9 Å². The molecule has 3 rings (SSSR count). The molecule has 0 saturated carbocycles. The molecule has 5 nitrogen and oxygen atoms in total. The second-order valence-corrected chi connectivity index (χ2v) is 7.66. The highest BCUT2D eigenvalue weighted by Crippen LogP contribution is 2.23. The fourth-order valence-electron chi connectivity index (χ4n) is 3.35. The number of nitrogens with zero attached hydrogens (tertiary/aromatic N) is 3. The van der Waals surface area contributed by atoms with Crippen LogP contribution in [0.4, 0.5) is 5.69 Å². The Bertz CT molecular complexity index is 751. The maximum Gasteiger partial charge on any atom is 0.232 e. The zero-order valence-electron chi connectivity index (χ0n) is 15.8. The molecular formula is C20H27N3O2S. The molecule has 6 heteroatoms. The number of hydrogen-bond donors (Lipinski definition) is 0. The Morgan fingerprint density at radius 1 is 1.19 bits per heavy atom. The Morgan fingerprint density at radius 3 is 2.62 bits per heavy atom. The number of amides is 1. The first-order chi connectivity index (χ1) is 12.6. The summed E-state index contributed by atoms with van der Waals surface area (Å²) in [5.74, 6) is 2.46. The average molecular weight is 374 g/mol. The van der Waals surface area contributed by atoms with E-state index < -0.39 is 0 Å². The molecule has 1 saturated heterocycles. The maximum absolute atomic E-state index is 12.5. The molecule has 26 heavy (non-hydrogen) atoms. The van der Waals surface area contributed by atoms with Crippen molar-refractivity contribution in [3.63, 3.8) is 0 Å². The SMILES string of the molecule is CCc1onc(C)c1CSCC(=O)N1CCN(c2ccccc2C)CC1. The molecule has 1 amide bonds. The Labute approximate surface area is 159 Å². The number of carbonyl (C=O) groups is 1. The average Bonchev–Trinajstić information content (AvgIpc) is 3.02. The molecule has 0 bridgehead atoms. The van der Waals surface area contributed by atoms with Gasteiger partial charge in [-0.3, -0.25) is 4.79 Å². The predicted molar refractivity (Wildman–Crippen MR) is 107 cm³/mol. The lowest BCUT2D eigenvalue weighted by molar-refractivity contribution is -0.128. The van der Waals surface area contributed by atoms with E-state index in [1.54, 1.807) is 11.8 Å². The maximum atomic E-state index is 12.5. The first-order valence-corrected chi connectivity index (χ1v) is 10.4. The molecule has 1 aliphatic heterocycles. The predicted octanol–water partition coefficient (Wildman–Crippen LogP) is 3.44. The van der Waals surface area contributed by atoms with E-state index in [1.807, 2.05) is 11.8 Å². The van der Waals surface area contributed by atoms with Gasteiger partial charge in [0.1, 0.15) is 5.76 Å². The molecule has 1 aliphatic rings. The summed E-state index contributed by atoms with van der Waals surface area (Å²) in [7, 11) is 0. The van der Waals surface area contributed by atoms with Gasteiger partial charge in [0.25, 0.3) is 0 Å². The number of thioether (sulfide) groups is 1. The number of aromatic nitrogens is 1. The normalized spacial score (nSPS) is 14.7. The zero-order chi connectivity index (χ0) is 18.5. The lowest BCUT2D eigenvalue weighted by Gasteiger charge is -2.36. The first kappa shape index (κ1) is 18.8. The number of para-hydroxylation sites is 1. The lowest BCUT2D eigenvalue weighted by atomic mass is 10.1. The quantitative estimate of drug-likeness (QED) is 0.776. The van der Waals surface area contributed by atoms with Crippen LogP contribution in [0.1, 0.15) is 29.5 Å². The van der Waals surface area contributed by atoms with Crippen LogP contribution < -0.4 is 4.90 Å². The van der Waals surface area contributed by atoms with Gasteiger partial charge in [-0.25, -0.2) is 0 Å². The van der Waals surface area contributed by atoms with Crippen LogP contribution in [-0.2, 0) is 17.0 Å². The van der Waals surface area contributed by atoms with E-state index in [4.69, 9.17) is 4.52 Å². The third-order valence-electron chi connectivity index (χ3n) is 4.95. The van der Waals surface area contributed by atoms with Crippen LogP contribution in [0.5, 0.6) is 0 Å². The van der Waals surface area contributed by atoms with E-state index in [0.717, 1.165) is 55.4 Å². The summed E-state index contributed by atoms with van der Waals surface area (Å²) in [6.45, 7) is 9.54. The molecule has 0 N–H and O–H groups in total. The largest absolute Gasteiger partial charge is 0.368 e. The first-order valence-electron chi connectivity index (χ1n) is 9.20. The molecule has 0 aliphatic carbocycles. The standard InChI is InChI=1S/C20H27N3O2S/c1-4-19-17(16(3)21-25-19)13-26-14-20(24)23-11-9-22(10-12-23)18-8-6-5-7-15(18)2/h5-8H,4,9-14H2,1-3H3. The number of carbonyl (C=O) groups excluding carboxylic acids is 1. The fourth-order valence-corrected chi connectivity index (χ4v) is 4.38. The number of aryl methyl sites for hydroxylation is 3. The van der Waals surface area contributed by atoms with Crippen molar-refractivity contribution in [1.82, 2.24) is 10.1 Å². The molecule has 1 fully saturated rings. The highest BCUT2D eigenvalue weighted by Gasteiger charge is 2.22. The summed E-state index contributed by atoms with van der Waals surface area (Å²) in [6.07, 6.45) is 0.839. The number of anilines is 1. The minimum atomic E-state index is 0.228. The van der Waals surface area contributed by atoms with Crippen LogP contribution in [-0.4, -0.2) is 47.9 Å². The lowest BCUT2D eigenvalue weighted by Crippen LogP contribution is -2.49. The Morgan fingerprint density at radius 2 is 1.92 bits per heavy atom. The Hall–Kier alpha value is -1.95. The highest BCUT2D eigenvalue weighted by atomic mass is 32.2. The second-order valence-electron chi connectivity index (χ2n) is 6.67. The summed E-state index contributed by atoms with van der Waals surface area (Å²) < 4.78 is 5.32. The van der Waals surface area contributed by atoms with Crippen LogP contribution >= 0.6 is 11.8 Å². The summed E-state index contributed by atoms with van der Waals surface area (Å²) in [6, 6.07) is 8.45. The summed E-state index contributed by atoms with van der Waals surface area (Å²) in [5, 5.41) is 4.03. The monoisotopic (exact) mass is 373 g/mol. The van der Waals surface area contributed by atoms with Gasteiger partial charge in [-0.1, -0.05) is 30.3 Å². The number of benzene rings is 1. The summed E-state index contributed by atoms with van der Waals surface area (Å²) >= 11 is 1.65. The smallest absolute Gasteiger partial charge is 0.232 e. The van der Waals surface area contributed by atoms with E-state index in [0.29, 0.717) is 5.75 Å². The van der Waals surface area contributed by atoms with Crippen molar-refractivity contribution in [2.24, 2.45) is 0 Å². The van der Waals surface area contributed by atoms with Gasteiger partial charge in [0.05, 0.1) is 11.4 Å². The zero-order valence-corrected chi connectivity index (χ0v) is 16.6. The topological polar surface area (TPSA) is 49.6 Å². The molecule has 0 unspecified atom stereocenters. The molecule has 2 aromatic rings. The van der Waals surface area contributed by atoms with Gasteiger partial charge in [0.15, 0.2) is 0 Å². The van der Waals surface area contributed by atoms with E-state index in [-0.39, 0.29) is 5.91 Å². The Kier molecular flexibility index (Phi) is 6.25. The van der Waals surface area contributed by atoms with Gasteiger partial charge in [0.2, 0.25) is 5.91 Å². The van der Waals surface area contributed by atoms with E-state index in [1.165, 1.54) is 11.3 Å². The van der Waals surface area contributed by atoms with Crippen molar-refractivity contribution in [2.75, 3.05) is 36.8 Å². The molecule has 0 radical (unpaired) electrons. The Balaban J connectivity index is 1.47. The van der Waals surface area contributed by atoms with Crippen molar-refractivity contribution in [3.8, 4) is 0 Å². The fraction of sp³-hybridized carbons (Fsp3) is 0.500. The molecule has 0 spiro atoms. The highest BCUT2D eigenvalue weighted by molar-refractivity contribution is 7.99. The van der Waals surface area contributed by atoms with Crippen LogP contribution in [0.25, 0.3) is 0 Å². The number of hydrogen-bond acceptors (Lipinski definition) is 5. The van der Waals surface area contributed by atoms with Gasteiger partial charge >= 0.3 is 0 Å². The molecular weight excluding hydrogens is 346 g/mol.